The normalized spacial score (nSPS) is 13.9. The van der Waals surface area contributed by atoms with Crippen LogP contribution in [-0.2, 0) is 25.9 Å². The summed E-state index contributed by atoms with van der Waals surface area (Å²) in [6.45, 7) is 3.52. The van der Waals surface area contributed by atoms with Crippen molar-refractivity contribution in [3.63, 3.8) is 0 Å². The molecule has 0 amide bonds. The highest BCUT2D eigenvalue weighted by Gasteiger charge is 2.13. The third kappa shape index (κ3) is 1.85. The van der Waals surface area contributed by atoms with E-state index in [2.05, 4.69) is 36.3 Å². The Bertz CT molecular complexity index is 548. The third-order valence-electron chi connectivity index (χ3n) is 3.77. The molecule has 0 radical (unpaired) electrons. The number of benzene rings is 1. The second-order valence-corrected chi connectivity index (χ2v) is 4.88. The molecule has 1 aliphatic carbocycles. The van der Waals surface area contributed by atoms with Crippen LogP contribution in [0.1, 0.15) is 30.2 Å². The zero-order valence-corrected chi connectivity index (χ0v) is 10.8. The lowest BCUT2D eigenvalue weighted by Gasteiger charge is -2.02. The van der Waals surface area contributed by atoms with Crippen molar-refractivity contribution in [2.75, 3.05) is 0 Å². The summed E-state index contributed by atoms with van der Waals surface area (Å²) in [6.07, 6.45) is 3.73. The fourth-order valence-corrected chi connectivity index (χ4v) is 2.77. The Kier molecular flexibility index (Phi) is 2.92. The molecule has 0 saturated carbocycles. The van der Waals surface area contributed by atoms with Crippen LogP contribution in [0.25, 0.3) is 11.3 Å². The molecule has 0 atom stereocenters. The van der Waals surface area contributed by atoms with Crippen molar-refractivity contribution in [1.29, 1.82) is 0 Å². The van der Waals surface area contributed by atoms with Crippen LogP contribution in [0.3, 0.4) is 0 Å². The number of nitrogens with zero attached hydrogens (tertiary/aromatic N) is 2. The van der Waals surface area contributed by atoms with Gasteiger partial charge < -0.3 is 5.73 Å². The fraction of sp³-hybridized carbons (Fsp3) is 0.400. The van der Waals surface area contributed by atoms with E-state index in [1.807, 2.05) is 4.68 Å². The summed E-state index contributed by atoms with van der Waals surface area (Å²) in [5, 5.41) is 4.63. The van der Waals surface area contributed by atoms with Crippen LogP contribution in [0.5, 0.6) is 0 Å². The average Bonchev–Trinajstić information content (AvgIpc) is 3.03. The van der Waals surface area contributed by atoms with Gasteiger partial charge in [-0.15, -0.1) is 0 Å². The molecule has 0 unspecified atom stereocenters. The zero-order chi connectivity index (χ0) is 12.5. The lowest BCUT2D eigenvalue weighted by molar-refractivity contribution is 0.624. The molecule has 1 aromatic carbocycles. The first-order valence-electron chi connectivity index (χ1n) is 6.70. The highest BCUT2D eigenvalue weighted by molar-refractivity contribution is 5.62. The smallest absolute Gasteiger partial charge is 0.0926 e. The lowest BCUT2D eigenvalue weighted by Crippen LogP contribution is -2.06. The lowest BCUT2D eigenvalue weighted by atomic mass is 10.0. The molecular formula is C15H19N3. The van der Waals surface area contributed by atoms with Gasteiger partial charge in [-0.2, -0.15) is 5.10 Å². The van der Waals surface area contributed by atoms with Crippen LogP contribution in [-0.4, -0.2) is 9.78 Å². The average molecular weight is 241 g/mol. The van der Waals surface area contributed by atoms with Crippen molar-refractivity contribution in [2.45, 2.75) is 39.3 Å². The van der Waals surface area contributed by atoms with E-state index in [0.717, 1.165) is 17.9 Å². The maximum Gasteiger partial charge on any atom is 0.0926 e. The van der Waals surface area contributed by atoms with Gasteiger partial charge in [0.25, 0.3) is 0 Å². The molecule has 94 valence electrons. The highest BCUT2D eigenvalue weighted by atomic mass is 15.3. The molecule has 3 nitrogen and oxygen atoms in total. The van der Waals surface area contributed by atoms with E-state index in [4.69, 9.17) is 5.73 Å². The van der Waals surface area contributed by atoms with Gasteiger partial charge in [-0.3, -0.25) is 4.68 Å². The zero-order valence-electron chi connectivity index (χ0n) is 10.8. The summed E-state index contributed by atoms with van der Waals surface area (Å²) in [4.78, 5) is 0. The Hall–Kier alpha value is -1.61. The van der Waals surface area contributed by atoms with E-state index in [-0.39, 0.29) is 0 Å². The van der Waals surface area contributed by atoms with Crippen molar-refractivity contribution in [1.82, 2.24) is 9.78 Å². The molecule has 1 aliphatic rings. The van der Waals surface area contributed by atoms with Crippen molar-refractivity contribution in [3.05, 3.63) is 41.1 Å². The maximum absolute atomic E-state index is 5.75. The number of hydrogen-bond acceptors (Lipinski definition) is 2. The van der Waals surface area contributed by atoms with Gasteiger partial charge in [-0.25, -0.2) is 0 Å². The molecular weight excluding hydrogens is 222 g/mol. The molecule has 0 fully saturated rings. The number of nitrogens with two attached hydrogens (primary N) is 1. The third-order valence-corrected chi connectivity index (χ3v) is 3.77. The second kappa shape index (κ2) is 4.58. The minimum atomic E-state index is 0.547. The largest absolute Gasteiger partial charge is 0.325 e. The van der Waals surface area contributed by atoms with E-state index in [1.54, 1.807) is 0 Å². The van der Waals surface area contributed by atoms with E-state index < -0.39 is 0 Å². The van der Waals surface area contributed by atoms with Gasteiger partial charge in [0, 0.05) is 18.7 Å². The first-order valence-corrected chi connectivity index (χ1v) is 6.70. The maximum atomic E-state index is 5.75. The van der Waals surface area contributed by atoms with E-state index in [9.17, 15) is 0 Å². The van der Waals surface area contributed by atoms with Crippen LogP contribution < -0.4 is 5.73 Å². The number of rotatable bonds is 3. The standard InChI is InChI=1S/C15H19N3/c1-2-18-14(10-16)9-15(17-18)13-7-6-11-4-3-5-12(11)8-13/h6-9H,2-5,10,16H2,1H3. The van der Waals surface area contributed by atoms with Gasteiger partial charge in [0.1, 0.15) is 0 Å². The number of hydrogen-bond donors (Lipinski definition) is 1. The molecule has 18 heavy (non-hydrogen) atoms. The summed E-state index contributed by atoms with van der Waals surface area (Å²) < 4.78 is 1.99. The monoisotopic (exact) mass is 241 g/mol. The molecule has 2 N–H and O–H groups in total. The Morgan fingerprint density at radius 1 is 1.22 bits per heavy atom. The van der Waals surface area contributed by atoms with Crippen molar-refractivity contribution >= 4 is 0 Å². The summed E-state index contributed by atoms with van der Waals surface area (Å²) in [5.74, 6) is 0. The molecule has 1 heterocycles. The van der Waals surface area contributed by atoms with Gasteiger partial charge in [0.2, 0.25) is 0 Å². The number of aryl methyl sites for hydroxylation is 3. The fourth-order valence-electron chi connectivity index (χ4n) is 2.77. The molecule has 0 saturated heterocycles. The SMILES string of the molecule is CCn1nc(-c2ccc3c(c2)CCC3)cc1CN. The van der Waals surface area contributed by atoms with E-state index in [0.29, 0.717) is 6.54 Å². The first-order chi connectivity index (χ1) is 8.81. The van der Waals surface area contributed by atoms with Gasteiger partial charge in [-0.05, 0) is 49.4 Å². The van der Waals surface area contributed by atoms with Crippen LogP contribution in [0.4, 0.5) is 0 Å². The van der Waals surface area contributed by atoms with Gasteiger partial charge in [-0.1, -0.05) is 12.1 Å². The minimum absolute atomic E-state index is 0.547. The van der Waals surface area contributed by atoms with Crippen LogP contribution >= 0.6 is 0 Å². The van der Waals surface area contributed by atoms with Crippen molar-refractivity contribution < 1.29 is 0 Å². The van der Waals surface area contributed by atoms with Crippen LogP contribution in [0.15, 0.2) is 24.3 Å². The predicted octanol–water partition coefficient (Wildman–Crippen LogP) is 2.52. The Morgan fingerprint density at radius 3 is 2.78 bits per heavy atom. The summed E-state index contributed by atoms with van der Waals surface area (Å²) in [5.41, 5.74) is 12.1. The van der Waals surface area contributed by atoms with E-state index >= 15 is 0 Å². The number of fused-ring (bicyclic) bond motifs is 1. The number of aromatic nitrogens is 2. The van der Waals surface area contributed by atoms with Crippen molar-refractivity contribution in [2.24, 2.45) is 5.73 Å². The molecule has 3 rings (SSSR count). The highest BCUT2D eigenvalue weighted by Crippen LogP contribution is 2.27. The molecule has 2 aromatic rings. The summed E-state index contributed by atoms with van der Waals surface area (Å²) >= 11 is 0. The molecule has 3 heteroatoms. The summed E-state index contributed by atoms with van der Waals surface area (Å²) in [7, 11) is 0. The topological polar surface area (TPSA) is 43.8 Å². The van der Waals surface area contributed by atoms with Crippen LogP contribution in [0, 0.1) is 0 Å². The Labute approximate surface area is 108 Å². The second-order valence-electron chi connectivity index (χ2n) is 4.88. The van der Waals surface area contributed by atoms with E-state index in [1.165, 1.54) is 36.0 Å². The Balaban J connectivity index is 2.01. The van der Waals surface area contributed by atoms with Gasteiger partial charge >= 0.3 is 0 Å². The molecule has 0 aliphatic heterocycles. The molecule has 0 spiro atoms. The predicted molar refractivity (Wildman–Crippen MR) is 73.3 cm³/mol. The van der Waals surface area contributed by atoms with Gasteiger partial charge in [0.05, 0.1) is 11.4 Å². The quantitative estimate of drug-likeness (QED) is 0.897. The minimum Gasteiger partial charge on any atom is -0.325 e. The van der Waals surface area contributed by atoms with Gasteiger partial charge in [0.15, 0.2) is 0 Å². The molecule has 1 aromatic heterocycles. The van der Waals surface area contributed by atoms with Crippen LogP contribution in [0.2, 0.25) is 0 Å². The first kappa shape index (κ1) is 11.5. The summed E-state index contributed by atoms with van der Waals surface area (Å²) in [6, 6.07) is 8.85. The Morgan fingerprint density at radius 2 is 2.06 bits per heavy atom. The molecule has 0 bridgehead atoms. The van der Waals surface area contributed by atoms with Crippen molar-refractivity contribution in [3.8, 4) is 11.3 Å².